The van der Waals surface area contributed by atoms with Crippen molar-refractivity contribution in [2.45, 2.75) is 30.3 Å². The molecule has 0 aliphatic carbocycles. The van der Waals surface area contributed by atoms with Gasteiger partial charge in [0.2, 0.25) is 10.0 Å². The van der Waals surface area contributed by atoms with Crippen molar-refractivity contribution in [1.82, 2.24) is 19.8 Å². The van der Waals surface area contributed by atoms with Crippen LogP contribution in [-0.4, -0.2) is 57.8 Å². The van der Waals surface area contributed by atoms with Gasteiger partial charge in [0.1, 0.15) is 4.90 Å². The second kappa shape index (κ2) is 6.42. The molecular formula is C11H20N4O4S2. The summed E-state index contributed by atoms with van der Waals surface area (Å²) in [7, 11) is -5.08. The summed E-state index contributed by atoms with van der Waals surface area (Å²) in [5.41, 5.74) is 0. The Morgan fingerprint density at radius 3 is 2.90 bits per heavy atom. The van der Waals surface area contributed by atoms with Crippen LogP contribution in [0.1, 0.15) is 12.8 Å². The number of hydrogen-bond acceptors (Lipinski definition) is 6. The van der Waals surface area contributed by atoms with Gasteiger partial charge in [-0.05, 0) is 19.9 Å². The SMILES string of the molecule is CNCCn1cc(S(=O)(=O)NC2CCCS(=O)(=O)C2)cn1. The minimum Gasteiger partial charge on any atom is -0.318 e. The zero-order valence-corrected chi connectivity index (χ0v) is 13.5. The Hall–Kier alpha value is -0.970. The van der Waals surface area contributed by atoms with Crippen molar-refractivity contribution in [3.63, 3.8) is 0 Å². The zero-order chi connectivity index (χ0) is 15.5. The minimum absolute atomic E-state index is 0.0570. The molecule has 0 saturated carbocycles. The number of hydrogen-bond donors (Lipinski definition) is 2. The highest BCUT2D eigenvalue weighted by Crippen LogP contribution is 2.15. The second-order valence-electron chi connectivity index (χ2n) is 5.12. The first-order valence-corrected chi connectivity index (χ1v) is 10.0. The van der Waals surface area contributed by atoms with Crippen LogP contribution >= 0.6 is 0 Å². The van der Waals surface area contributed by atoms with Gasteiger partial charge in [0.25, 0.3) is 0 Å². The Kier molecular flexibility index (Phi) is 5.02. The van der Waals surface area contributed by atoms with Gasteiger partial charge in [-0.3, -0.25) is 4.68 Å². The monoisotopic (exact) mass is 336 g/mol. The lowest BCUT2D eigenvalue weighted by molar-refractivity contribution is 0.517. The van der Waals surface area contributed by atoms with E-state index in [0.29, 0.717) is 25.9 Å². The van der Waals surface area contributed by atoms with Gasteiger partial charge in [0.05, 0.1) is 24.2 Å². The second-order valence-corrected chi connectivity index (χ2v) is 9.06. The van der Waals surface area contributed by atoms with Crippen molar-refractivity contribution in [2.75, 3.05) is 25.1 Å². The largest absolute Gasteiger partial charge is 0.318 e. The summed E-state index contributed by atoms with van der Waals surface area (Å²) in [5, 5.41) is 6.93. The molecule has 1 aliphatic rings. The number of sulfonamides is 1. The Labute approximate surface area is 124 Å². The molecule has 0 aromatic carbocycles. The van der Waals surface area contributed by atoms with Gasteiger partial charge in [-0.2, -0.15) is 5.10 Å². The number of sulfone groups is 1. The average molecular weight is 336 g/mol. The molecule has 1 saturated heterocycles. The van der Waals surface area contributed by atoms with E-state index in [2.05, 4.69) is 15.1 Å². The van der Waals surface area contributed by atoms with Crippen LogP contribution in [0.5, 0.6) is 0 Å². The zero-order valence-electron chi connectivity index (χ0n) is 11.8. The summed E-state index contributed by atoms with van der Waals surface area (Å²) in [6.45, 7) is 1.24. The third-order valence-electron chi connectivity index (χ3n) is 3.30. The Morgan fingerprint density at radius 1 is 1.48 bits per heavy atom. The van der Waals surface area contributed by atoms with Crippen molar-refractivity contribution in [1.29, 1.82) is 0 Å². The van der Waals surface area contributed by atoms with E-state index < -0.39 is 25.9 Å². The van der Waals surface area contributed by atoms with Gasteiger partial charge in [0.15, 0.2) is 9.84 Å². The fourth-order valence-corrected chi connectivity index (χ4v) is 5.20. The molecular weight excluding hydrogens is 316 g/mol. The predicted molar refractivity (Wildman–Crippen MR) is 78.2 cm³/mol. The number of rotatable bonds is 6. The minimum atomic E-state index is -3.73. The van der Waals surface area contributed by atoms with Gasteiger partial charge in [-0.25, -0.2) is 21.6 Å². The summed E-state index contributed by atoms with van der Waals surface area (Å²) in [5.74, 6) is -0.00665. The van der Waals surface area contributed by atoms with Crippen LogP contribution in [0.15, 0.2) is 17.3 Å². The molecule has 8 nitrogen and oxygen atoms in total. The third kappa shape index (κ3) is 4.50. The first-order valence-electron chi connectivity index (χ1n) is 6.72. The van der Waals surface area contributed by atoms with Crippen molar-refractivity contribution in [3.05, 3.63) is 12.4 Å². The van der Waals surface area contributed by atoms with Crippen molar-refractivity contribution in [2.24, 2.45) is 0 Å². The Balaban J connectivity index is 2.06. The maximum absolute atomic E-state index is 12.2. The van der Waals surface area contributed by atoms with E-state index >= 15 is 0 Å². The molecule has 2 heterocycles. The van der Waals surface area contributed by atoms with Crippen molar-refractivity contribution >= 4 is 19.9 Å². The maximum atomic E-state index is 12.2. The Bertz CT molecular complexity index is 681. The Morgan fingerprint density at radius 2 is 2.24 bits per heavy atom. The van der Waals surface area contributed by atoms with E-state index in [1.54, 1.807) is 7.05 Å². The fraction of sp³-hybridized carbons (Fsp3) is 0.727. The lowest BCUT2D eigenvalue weighted by atomic mass is 10.2. The van der Waals surface area contributed by atoms with Crippen LogP contribution in [0.4, 0.5) is 0 Å². The van der Waals surface area contributed by atoms with E-state index in [4.69, 9.17) is 0 Å². The van der Waals surface area contributed by atoms with Crippen molar-refractivity contribution in [3.8, 4) is 0 Å². The van der Waals surface area contributed by atoms with Crippen LogP contribution in [0.25, 0.3) is 0 Å². The van der Waals surface area contributed by atoms with Crippen LogP contribution in [-0.2, 0) is 26.4 Å². The number of likely N-dealkylation sites (N-methyl/N-ethyl adjacent to an activating group) is 1. The van der Waals surface area contributed by atoms with E-state index in [1.807, 2.05) is 0 Å². The van der Waals surface area contributed by atoms with Gasteiger partial charge >= 0.3 is 0 Å². The van der Waals surface area contributed by atoms with Crippen molar-refractivity contribution < 1.29 is 16.8 Å². The summed E-state index contributed by atoms with van der Waals surface area (Å²) in [6.07, 6.45) is 3.73. The molecule has 120 valence electrons. The fourth-order valence-electron chi connectivity index (χ4n) is 2.24. The molecule has 1 aromatic heterocycles. The molecule has 0 radical (unpaired) electrons. The molecule has 1 aliphatic heterocycles. The van der Waals surface area contributed by atoms with E-state index in [9.17, 15) is 16.8 Å². The maximum Gasteiger partial charge on any atom is 0.243 e. The standard InChI is InChI=1S/C11H20N4O4S2/c1-12-4-5-15-8-11(7-13-15)21(18,19)14-10-3-2-6-20(16,17)9-10/h7-8,10,12,14H,2-6,9H2,1H3. The lowest BCUT2D eigenvalue weighted by Gasteiger charge is -2.22. The van der Waals surface area contributed by atoms with Crippen LogP contribution in [0.3, 0.4) is 0 Å². The summed E-state index contributed by atoms with van der Waals surface area (Å²) in [6, 6.07) is -0.561. The van der Waals surface area contributed by atoms with Gasteiger partial charge in [-0.1, -0.05) is 0 Å². The summed E-state index contributed by atoms with van der Waals surface area (Å²) < 4.78 is 51.5. The highest BCUT2D eigenvalue weighted by molar-refractivity contribution is 7.91. The molecule has 2 N–H and O–H groups in total. The topological polar surface area (TPSA) is 110 Å². The molecule has 0 amide bonds. The summed E-state index contributed by atoms with van der Waals surface area (Å²) in [4.78, 5) is 0.0570. The molecule has 1 atom stereocenters. The average Bonchev–Trinajstić information content (AvgIpc) is 2.84. The van der Waals surface area contributed by atoms with Crippen LogP contribution in [0, 0.1) is 0 Å². The molecule has 10 heteroatoms. The smallest absolute Gasteiger partial charge is 0.243 e. The number of nitrogens with one attached hydrogen (secondary N) is 2. The quantitative estimate of drug-likeness (QED) is 0.686. The highest BCUT2D eigenvalue weighted by atomic mass is 32.2. The molecule has 1 aromatic rings. The van der Waals surface area contributed by atoms with Gasteiger partial charge < -0.3 is 5.32 Å². The third-order valence-corrected chi connectivity index (χ3v) is 6.59. The number of aromatic nitrogens is 2. The molecule has 1 unspecified atom stereocenters. The number of nitrogens with zero attached hydrogens (tertiary/aromatic N) is 2. The van der Waals surface area contributed by atoms with E-state index in [-0.39, 0.29) is 16.4 Å². The molecule has 1 fully saturated rings. The molecule has 2 rings (SSSR count). The molecule has 21 heavy (non-hydrogen) atoms. The van der Waals surface area contributed by atoms with Crippen LogP contribution < -0.4 is 10.0 Å². The first kappa shape index (κ1) is 16.4. The molecule has 0 bridgehead atoms. The van der Waals surface area contributed by atoms with Crippen LogP contribution in [0.2, 0.25) is 0 Å². The normalized spacial score (nSPS) is 22.2. The van der Waals surface area contributed by atoms with E-state index in [0.717, 1.165) is 0 Å². The van der Waals surface area contributed by atoms with E-state index in [1.165, 1.54) is 17.1 Å². The highest BCUT2D eigenvalue weighted by Gasteiger charge is 2.29. The van der Waals surface area contributed by atoms with Gasteiger partial charge in [-0.15, -0.1) is 0 Å². The lowest BCUT2D eigenvalue weighted by Crippen LogP contribution is -2.43. The summed E-state index contributed by atoms with van der Waals surface area (Å²) >= 11 is 0. The first-order chi connectivity index (χ1) is 9.82. The molecule has 0 spiro atoms. The predicted octanol–water partition coefficient (Wildman–Crippen LogP) is -1.04. The van der Waals surface area contributed by atoms with Gasteiger partial charge in [0, 0.05) is 18.8 Å².